The van der Waals surface area contributed by atoms with Gasteiger partial charge in [-0.25, -0.2) is 5.01 Å². The Morgan fingerprint density at radius 3 is 2.09 bits per heavy atom. The quantitative estimate of drug-likeness (QED) is 0.477. The normalized spacial score (nSPS) is 18.1. The first-order valence-electron chi connectivity index (χ1n) is 11.3. The lowest BCUT2D eigenvalue weighted by atomic mass is 9.95. The maximum absolute atomic E-state index is 6.57. The first-order chi connectivity index (χ1) is 17.1. The predicted octanol–water partition coefficient (Wildman–Crippen LogP) is 4.97. The van der Waals surface area contributed by atoms with Crippen molar-refractivity contribution in [2.24, 2.45) is 5.10 Å². The van der Waals surface area contributed by atoms with E-state index < -0.39 is 6.23 Å². The van der Waals surface area contributed by atoms with Crippen molar-refractivity contribution >= 4 is 5.71 Å². The topological polar surface area (TPSA) is 71.0 Å². The zero-order valence-electron chi connectivity index (χ0n) is 20.4. The molecule has 3 aromatic carbocycles. The highest BCUT2D eigenvalue weighted by molar-refractivity contribution is 6.02. The summed E-state index contributed by atoms with van der Waals surface area (Å²) in [5.74, 6) is 3.81. The molecule has 2 atom stereocenters. The number of rotatable bonds is 7. The number of hydrogen-bond acceptors (Lipinski definition) is 8. The second kappa shape index (κ2) is 9.29. The molecular weight excluding hydrogens is 448 g/mol. The Morgan fingerprint density at radius 1 is 0.800 bits per heavy atom. The zero-order valence-corrected chi connectivity index (χ0v) is 20.4. The predicted molar refractivity (Wildman–Crippen MR) is 131 cm³/mol. The third-order valence-corrected chi connectivity index (χ3v) is 6.40. The van der Waals surface area contributed by atoms with E-state index >= 15 is 0 Å². The molecule has 8 heteroatoms. The van der Waals surface area contributed by atoms with Gasteiger partial charge in [-0.05, 0) is 48.0 Å². The smallest absolute Gasteiger partial charge is 0.214 e. The van der Waals surface area contributed by atoms with Crippen LogP contribution >= 0.6 is 0 Å². The third-order valence-electron chi connectivity index (χ3n) is 6.40. The first kappa shape index (κ1) is 22.7. The van der Waals surface area contributed by atoms with Crippen LogP contribution in [0.15, 0.2) is 59.7 Å². The molecule has 8 nitrogen and oxygen atoms in total. The fraction of sp³-hybridized carbons (Fsp3) is 0.296. The summed E-state index contributed by atoms with van der Waals surface area (Å²) in [7, 11) is 8.08. The number of benzene rings is 3. The summed E-state index contributed by atoms with van der Waals surface area (Å²) in [6.07, 6.45) is 0.185. The van der Waals surface area contributed by atoms with Crippen LogP contribution in [-0.2, 0) is 0 Å². The Balaban J connectivity index is 1.63. The molecule has 0 N–H and O–H groups in total. The highest BCUT2D eigenvalue weighted by atomic mass is 16.5. The number of ether oxygens (including phenoxy) is 6. The van der Waals surface area contributed by atoms with E-state index in [0.717, 1.165) is 34.6 Å². The molecule has 0 fully saturated rings. The second-order valence-corrected chi connectivity index (χ2v) is 8.18. The van der Waals surface area contributed by atoms with Crippen LogP contribution in [0.25, 0.3) is 0 Å². The molecule has 0 aromatic heterocycles. The van der Waals surface area contributed by atoms with Crippen molar-refractivity contribution in [1.29, 1.82) is 0 Å². The van der Waals surface area contributed by atoms with Crippen molar-refractivity contribution in [1.82, 2.24) is 5.01 Å². The largest absolute Gasteiger partial charge is 0.497 e. The SMILES string of the molecule is COc1ccc(C2=NN3[C@H](C2)c2cccc(OC)c2O[C@H]3c2cc(OC)c(OC)c(OC)c2)cc1. The van der Waals surface area contributed by atoms with Gasteiger partial charge in [0.15, 0.2) is 23.0 Å². The maximum atomic E-state index is 6.57. The Morgan fingerprint density at radius 2 is 1.49 bits per heavy atom. The van der Waals surface area contributed by atoms with Gasteiger partial charge in [-0.2, -0.15) is 5.10 Å². The average Bonchev–Trinajstić information content (AvgIpc) is 3.37. The van der Waals surface area contributed by atoms with Gasteiger partial charge in [0.25, 0.3) is 0 Å². The molecule has 0 bridgehead atoms. The lowest BCUT2D eigenvalue weighted by Gasteiger charge is -2.38. The molecule has 0 saturated heterocycles. The van der Waals surface area contributed by atoms with E-state index in [2.05, 4.69) is 6.07 Å². The van der Waals surface area contributed by atoms with Crippen molar-refractivity contribution in [3.05, 3.63) is 71.3 Å². The number of para-hydroxylation sites is 1. The summed E-state index contributed by atoms with van der Waals surface area (Å²) >= 11 is 0. The van der Waals surface area contributed by atoms with Crippen LogP contribution in [0.3, 0.4) is 0 Å². The number of fused-ring (bicyclic) bond motifs is 3. The van der Waals surface area contributed by atoms with E-state index in [-0.39, 0.29) is 6.04 Å². The van der Waals surface area contributed by atoms with Gasteiger partial charge in [-0.15, -0.1) is 0 Å². The number of hydrogen-bond donors (Lipinski definition) is 0. The summed E-state index contributed by atoms with van der Waals surface area (Å²) in [6, 6.07) is 17.6. The molecule has 0 spiro atoms. The van der Waals surface area contributed by atoms with Crippen LogP contribution in [0.4, 0.5) is 0 Å². The Bertz CT molecular complexity index is 1230. The van der Waals surface area contributed by atoms with E-state index in [0.29, 0.717) is 28.7 Å². The Labute approximate surface area is 204 Å². The highest BCUT2D eigenvalue weighted by Gasteiger charge is 2.42. The lowest BCUT2D eigenvalue weighted by molar-refractivity contribution is -0.0211. The molecule has 2 heterocycles. The summed E-state index contributed by atoms with van der Waals surface area (Å²) in [4.78, 5) is 0. The van der Waals surface area contributed by atoms with Gasteiger partial charge in [0.2, 0.25) is 12.0 Å². The molecule has 35 heavy (non-hydrogen) atoms. The minimum absolute atomic E-state index is 0.0324. The molecule has 182 valence electrons. The molecule has 0 aliphatic carbocycles. The van der Waals surface area contributed by atoms with Crippen LogP contribution in [0.2, 0.25) is 0 Å². The first-order valence-corrected chi connectivity index (χ1v) is 11.3. The summed E-state index contributed by atoms with van der Waals surface area (Å²) in [5.41, 5.74) is 3.85. The molecular formula is C27H28N2O6. The molecule has 2 aliphatic heterocycles. The van der Waals surface area contributed by atoms with Gasteiger partial charge < -0.3 is 28.4 Å². The second-order valence-electron chi connectivity index (χ2n) is 8.18. The van der Waals surface area contributed by atoms with Gasteiger partial charge in [-0.1, -0.05) is 12.1 Å². The lowest BCUT2D eigenvalue weighted by Crippen LogP contribution is -2.34. The summed E-state index contributed by atoms with van der Waals surface area (Å²) in [5, 5.41) is 7.03. The van der Waals surface area contributed by atoms with Crippen molar-refractivity contribution in [2.45, 2.75) is 18.7 Å². The molecule has 0 amide bonds. The van der Waals surface area contributed by atoms with Gasteiger partial charge in [-0.3, -0.25) is 0 Å². The minimum atomic E-state index is -0.534. The van der Waals surface area contributed by atoms with Crippen molar-refractivity contribution in [3.8, 4) is 34.5 Å². The third kappa shape index (κ3) is 3.84. The fourth-order valence-corrected chi connectivity index (χ4v) is 4.67. The number of hydrazone groups is 1. The van der Waals surface area contributed by atoms with Crippen LogP contribution in [-0.4, -0.2) is 46.3 Å². The molecule has 3 aromatic rings. The van der Waals surface area contributed by atoms with E-state index in [9.17, 15) is 0 Å². The van der Waals surface area contributed by atoms with Crippen molar-refractivity contribution < 1.29 is 28.4 Å². The molecule has 5 rings (SSSR count). The van der Waals surface area contributed by atoms with Crippen LogP contribution < -0.4 is 28.4 Å². The van der Waals surface area contributed by atoms with Crippen molar-refractivity contribution in [2.75, 3.05) is 35.5 Å². The molecule has 0 radical (unpaired) electrons. The van der Waals surface area contributed by atoms with E-state index in [4.69, 9.17) is 33.5 Å². The van der Waals surface area contributed by atoms with Gasteiger partial charge in [0.1, 0.15) is 5.75 Å². The fourth-order valence-electron chi connectivity index (χ4n) is 4.67. The number of nitrogens with zero attached hydrogens (tertiary/aromatic N) is 2. The summed E-state index contributed by atoms with van der Waals surface area (Å²) in [6.45, 7) is 0. The summed E-state index contributed by atoms with van der Waals surface area (Å²) < 4.78 is 34.2. The standard InChI is InChI=1S/C27H28N2O6/c1-30-18-11-9-16(10-12-18)20-15-21-19-7-6-8-22(31-2)25(19)35-27(29(21)28-20)17-13-23(32-3)26(34-5)24(14-17)33-4/h6-14,21,27H,15H2,1-5H3/t21-,27+/m1/s1. The highest BCUT2D eigenvalue weighted by Crippen LogP contribution is 2.52. The number of methoxy groups -OCH3 is 5. The van der Waals surface area contributed by atoms with E-state index in [1.165, 1.54) is 0 Å². The van der Waals surface area contributed by atoms with E-state index in [1.807, 2.05) is 53.5 Å². The monoisotopic (exact) mass is 476 g/mol. The zero-order chi connectivity index (χ0) is 24.5. The van der Waals surface area contributed by atoms with Crippen molar-refractivity contribution in [3.63, 3.8) is 0 Å². The Hall–Kier alpha value is -4.07. The maximum Gasteiger partial charge on any atom is 0.214 e. The molecule has 2 aliphatic rings. The average molecular weight is 477 g/mol. The van der Waals surface area contributed by atoms with Gasteiger partial charge in [0, 0.05) is 17.5 Å². The van der Waals surface area contributed by atoms with Crippen LogP contribution in [0.5, 0.6) is 34.5 Å². The van der Waals surface area contributed by atoms with Gasteiger partial charge >= 0.3 is 0 Å². The molecule has 0 saturated carbocycles. The van der Waals surface area contributed by atoms with Crippen LogP contribution in [0, 0.1) is 0 Å². The van der Waals surface area contributed by atoms with Gasteiger partial charge in [0.05, 0.1) is 47.3 Å². The minimum Gasteiger partial charge on any atom is -0.497 e. The molecule has 0 unspecified atom stereocenters. The Kier molecular flexibility index (Phi) is 6.03. The van der Waals surface area contributed by atoms with E-state index in [1.54, 1.807) is 35.5 Å². The van der Waals surface area contributed by atoms with Crippen LogP contribution in [0.1, 0.15) is 35.4 Å².